The van der Waals surface area contributed by atoms with E-state index >= 15 is 0 Å². The Bertz CT molecular complexity index is 347. The molecule has 0 saturated carbocycles. The van der Waals surface area contributed by atoms with Crippen molar-refractivity contribution in [3.8, 4) is 0 Å². The minimum Gasteiger partial charge on any atom is -0.469 e. The second kappa shape index (κ2) is 9.58. The summed E-state index contributed by atoms with van der Waals surface area (Å²) >= 11 is 0. The maximum absolute atomic E-state index is 5.09. The fourth-order valence-electron chi connectivity index (χ4n) is 1.50. The highest BCUT2D eigenvalue weighted by molar-refractivity contribution is 5.23. The van der Waals surface area contributed by atoms with Crippen molar-refractivity contribution >= 4 is 0 Å². The summed E-state index contributed by atoms with van der Waals surface area (Å²) in [5.41, 5.74) is 3.73. The van der Waals surface area contributed by atoms with Crippen LogP contribution in [0.15, 0.2) is 47.0 Å². The van der Waals surface area contributed by atoms with E-state index in [1.165, 1.54) is 11.1 Å². The monoisotopic (exact) mass is 250 g/mol. The molecule has 102 valence electrons. The van der Waals surface area contributed by atoms with Gasteiger partial charge in [0.25, 0.3) is 5.95 Å². The molecule has 0 aliphatic heterocycles. The Balaban J connectivity index is 4.36. The Morgan fingerprint density at radius 1 is 1.00 bits per heavy atom. The van der Waals surface area contributed by atoms with E-state index in [-0.39, 0.29) is 0 Å². The van der Waals surface area contributed by atoms with E-state index in [0.29, 0.717) is 5.95 Å². The molecular formula is C16H26O2. The third-order valence-corrected chi connectivity index (χ3v) is 2.51. The van der Waals surface area contributed by atoms with Crippen molar-refractivity contribution in [2.24, 2.45) is 0 Å². The molecule has 0 aliphatic rings. The van der Waals surface area contributed by atoms with E-state index < -0.39 is 0 Å². The van der Waals surface area contributed by atoms with E-state index in [2.05, 4.69) is 32.9 Å². The van der Waals surface area contributed by atoms with Gasteiger partial charge >= 0.3 is 0 Å². The molecule has 2 heteroatoms. The van der Waals surface area contributed by atoms with Gasteiger partial charge in [0.2, 0.25) is 0 Å². The number of rotatable bonds is 7. The van der Waals surface area contributed by atoms with E-state index in [1.807, 2.05) is 19.1 Å². The van der Waals surface area contributed by atoms with Crippen LogP contribution < -0.4 is 0 Å². The number of ether oxygens (including phenoxy) is 2. The van der Waals surface area contributed by atoms with E-state index in [1.54, 1.807) is 14.2 Å². The van der Waals surface area contributed by atoms with Gasteiger partial charge in [-0.2, -0.15) is 0 Å². The molecule has 0 bridgehead atoms. The summed E-state index contributed by atoms with van der Waals surface area (Å²) in [5.74, 6) is 0.557. The zero-order valence-corrected chi connectivity index (χ0v) is 12.5. The Morgan fingerprint density at radius 3 is 2.11 bits per heavy atom. The fraction of sp³-hybridized carbons (Fsp3) is 0.500. The molecule has 0 N–H and O–H groups in total. The van der Waals surface area contributed by atoms with Crippen molar-refractivity contribution < 1.29 is 9.47 Å². The predicted octanol–water partition coefficient (Wildman–Crippen LogP) is 4.76. The van der Waals surface area contributed by atoms with E-state index in [4.69, 9.17) is 9.47 Å². The molecule has 0 aromatic rings. The van der Waals surface area contributed by atoms with Crippen molar-refractivity contribution in [3.63, 3.8) is 0 Å². The van der Waals surface area contributed by atoms with Crippen molar-refractivity contribution in [3.05, 3.63) is 47.0 Å². The van der Waals surface area contributed by atoms with Gasteiger partial charge in [-0.3, -0.25) is 0 Å². The summed E-state index contributed by atoms with van der Waals surface area (Å²) in [6.45, 7) is 8.37. The molecule has 18 heavy (non-hydrogen) atoms. The summed E-state index contributed by atoms with van der Waals surface area (Å²) in [7, 11) is 3.22. The first-order chi connectivity index (χ1) is 8.51. The molecule has 0 fully saturated rings. The third-order valence-electron chi connectivity index (χ3n) is 2.51. The first-order valence-electron chi connectivity index (χ1n) is 6.27. The molecule has 0 amide bonds. The average molecular weight is 250 g/mol. The average Bonchev–Trinajstić information content (AvgIpc) is 2.30. The van der Waals surface area contributed by atoms with Gasteiger partial charge in [-0.1, -0.05) is 35.5 Å². The Hall–Kier alpha value is -1.44. The molecular weight excluding hydrogens is 224 g/mol. The predicted molar refractivity (Wildman–Crippen MR) is 78.3 cm³/mol. The number of hydrogen-bond donors (Lipinski definition) is 0. The molecule has 0 aliphatic carbocycles. The van der Waals surface area contributed by atoms with Crippen LogP contribution in [0.1, 0.15) is 40.5 Å². The van der Waals surface area contributed by atoms with Crippen LogP contribution in [0.25, 0.3) is 0 Å². The van der Waals surface area contributed by atoms with Gasteiger partial charge < -0.3 is 9.47 Å². The third kappa shape index (κ3) is 7.77. The maximum Gasteiger partial charge on any atom is 0.281 e. The minimum atomic E-state index is 0.557. The maximum atomic E-state index is 5.09. The van der Waals surface area contributed by atoms with Gasteiger partial charge in [-0.05, 0) is 40.5 Å². The van der Waals surface area contributed by atoms with Gasteiger partial charge in [0.1, 0.15) is 0 Å². The number of allylic oxidation sites excluding steroid dienone is 7. The molecule has 0 aromatic carbocycles. The van der Waals surface area contributed by atoms with Crippen LogP contribution in [0, 0.1) is 0 Å². The van der Waals surface area contributed by atoms with Gasteiger partial charge in [0, 0.05) is 5.57 Å². The molecule has 0 saturated heterocycles. The van der Waals surface area contributed by atoms with E-state index in [0.717, 1.165) is 18.4 Å². The topological polar surface area (TPSA) is 18.5 Å². The molecule has 0 aromatic heterocycles. The summed E-state index contributed by atoms with van der Waals surface area (Å²) in [4.78, 5) is 0. The lowest BCUT2D eigenvalue weighted by atomic mass is 10.1. The smallest absolute Gasteiger partial charge is 0.281 e. The summed E-state index contributed by atoms with van der Waals surface area (Å²) in [6, 6.07) is 0. The molecule has 2 nitrogen and oxygen atoms in total. The SMILES string of the molecule is COC(OC)=C(C)C=CC=C(C)CCC=C(C)C. The first-order valence-corrected chi connectivity index (χ1v) is 6.27. The zero-order chi connectivity index (χ0) is 14.0. The van der Waals surface area contributed by atoms with Crippen LogP contribution in [0.5, 0.6) is 0 Å². The van der Waals surface area contributed by atoms with Crippen molar-refractivity contribution in [2.75, 3.05) is 14.2 Å². The van der Waals surface area contributed by atoms with Crippen LogP contribution >= 0.6 is 0 Å². The number of methoxy groups -OCH3 is 2. The fourth-order valence-corrected chi connectivity index (χ4v) is 1.50. The highest BCUT2D eigenvalue weighted by atomic mass is 16.7. The van der Waals surface area contributed by atoms with Gasteiger partial charge in [0.15, 0.2) is 0 Å². The lowest BCUT2D eigenvalue weighted by Crippen LogP contribution is -1.92. The van der Waals surface area contributed by atoms with Crippen LogP contribution in [0.4, 0.5) is 0 Å². The van der Waals surface area contributed by atoms with Crippen molar-refractivity contribution in [2.45, 2.75) is 40.5 Å². The van der Waals surface area contributed by atoms with E-state index in [9.17, 15) is 0 Å². The van der Waals surface area contributed by atoms with Crippen molar-refractivity contribution in [1.29, 1.82) is 0 Å². The van der Waals surface area contributed by atoms with Gasteiger partial charge in [0.05, 0.1) is 14.2 Å². The molecule has 0 atom stereocenters. The van der Waals surface area contributed by atoms with Crippen molar-refractivity contribution in [1.82, 2.24) is 0 Å². The molecule has 0 unspecified atom stereocenters. The second-order valence-electron chi connectivity index (χ2n) is 4.57. The number of hydrogen-bond acceptors (Lipinski definition) is 2. The van der Waals surface area contributed by atoms with Gasteiger partial charge in [-0.15, -0.1) is 0 Å². The first kappa shape index (κ1) is 16.6. The molecule has 0 spiro atoms. The second-order valence-corrected chi connectivity index (χ2v) is 4.57. The van der Waals surface area contributed by atoms with Crippen LogP contribution in [0.3, 0.4) is 0 Å². The Labute approximate surface area is 112 Å². The lowest BCUT2D eigenvalue weighted by Gasteiger charge is -2.05. The largest absolute Gasteiger partial charge is 0.469 e. The molecule has 0 heterocycles. The molecule has 0 radical (unpaired) electrons. The zero-order valence-electron chi connectivity index (χ0n) is 12.5. The highest BCUT2D eigenvalue weighted by Crippen LogP contribution is 2.09. The normalized spacial score (nSPS) is 11.3. The highest BCUT2D eigenvalue weighted by Gasteiger charge is 1.97. The van der Waals surface area contributed by atoms with Crippen LogP contribution in [-0.4, -0.2) is 14.2 Å². The van der Waals surface area contributed by atoms with Crippen LogP contribution in [-0.2, 0) is 9.47 Å². The quantitative estimate of drug-likeness (QED) is 0.368. The summed E-state index contributed by atoms with van der Waals surface area (Å²) < 4.78 is 10.2. The van der Waals surface area contributed by atoms with Gasteiger partial charge in [-0.25, -0.2) is 0 Å². The van der Waals surface area contributed by atoms with Crippen LogP contribution in [0.2, 0.25) is 0 Å². The lowest BCUT2D eigenvalue weighted by molar-refractivity contribution is 0.0921. The Morgan fingerprint density at radius 2 is 1.61 bits per heavy atom. The molecule has 0 rings (SSSR count). The summed E-state index contributed by atoms with van der Waals surface area (Å²) in [6.07, 6.45) is 10.6. The Kier molecular flexibility index (Phi) is 8.81. The minimum absolute atomic E-state index is 0.557. The standard InChI is InChI=1S/C16H26O2/c1-13(2)9-7-10-14(3)11-8-12-15(4)16(17-5)18-6/h8-9,11-12H,7,10H2,1-6H3. The summed E-state index contributed by atoms with van der Waals surface area (Å²) in [5, 5.41) is 0.